The van der Waals surface area contributed by atoms with Gasteiger partial charge < -0.3 is 31.4 Å². The van der Waals surface area contributed by atoms with Gasteiger partial charge in [-0.2, -0.15) is 20.3 Å². The SMILES string of the molecule is C/C=C\OC.C=CC(=C)CNC(=O)NC(/C=C\C(=C)CC(=O)[N-]C)=C/CC.CC.CC[C-](C)C.[U+2]. The number of nitrogens with one attached hydrogen (secondary N) is 2. The van der Waals surface area contributed by atoms with E-state index in [1.807, 2.05) is 39.8 Å². The summed E-state index contributed by atoms with van der Waals surface area (Å²) in [5, 5.41) is 8.93. The van der Waals surface area contributed by atoms with Gasteiger partial charge in [-0.25, -0.2) is 4.79 Å². The Balaban J connectivity index is -0.000000191. The molecule has 198 valence electrons. The maximum atomic E-state index is 11.8. The molecule has 0 aliphatic heterocycles. The van der Waals surface area contributed by atoms with Gasteiger partial charge in [0.1, 0.15) is 0 Å². The Bertz CT molecular complexity index is 652. The van der Waals surface area contributed by atoms with Gasteiger partial charge in [-0.05, 0) is 30.6 Å². The van der Waals surface area contributed by atoms with E-state index in [-0.39, 0.29) is 49.5 Å². The van der Waals surface area contributed by atoms with Crippen LogP contribution >= 0.6 is 0 Å². The van der Waals surface area contributed by atoms with E-state index in [0.29, 0.717) is 17.8 Å². The number of urea groups is 1. The maximum Gasteiger partial charge on any atom is 2.00 e. The summed E-state index contributed by atoms with van der Waals surface area (Å²) in [6, 6.07) is -0.336. The number of carbonyl (C=O) groups is 2. The van der Waals surface area contributed by atoms with Crippen LogP contribution in [0, 0.1) is 37.0 Å². The summed E-state index contributed by atoms with van der Waals surface area (Å²) >= 11 is 0. The molecule has 0 atom stereocenters. The first kappa shape index (κ1) is 43.1. The molecule has 35 heavy (non-hydrogen) atoms. The van der Waals surface area contributed by atoms with Crippen molar-refractivity contribution in [1.82, 2.24) is 10.6 Å². The molecule has 0 aliphatic rings. The van der Waals surface area contributed by atoms with E-state index in [1.165, 1.54) is 19.4 Å². The first-order chi connectivity index (χ1) is 16.1. The third kappa shape index (κ3) is 39.5. The maximum absolute atomic E-state index is 11.8. The Morgan fingerprint density at radius 1 is 1.09 bits per heavy atom. The fraction of sp³-hybridized carbons (Fsp3) is 0.464. The Labute approximate surface area is 239 Å². The molecule has 3 amide bonds. The van der Waals surface area contributed by atoms with Crippen molar-refractivity contribution in [2.45, 2.75) is 67.7 Å². The molecule has 0 radical (unpaired) electrons. The second-order valence-corrected chi connectivity index (χ2v) is 6.79. The number of hydrogen-bond acceptors (Lipinski definition) is 3. The van der Waals surface area contributed by atoms with Crippen LogP contribution in [0.1, 0.15) is 67.7 Å². The van der Waals surface area contributed by atoms with Crippen molar-refractivity contribution in [3.8, 4) is 0 Å². The van der Waals surface area contributed by atoms with Crippen LogP contribution in [0.15, 0.2) is 73.2 Å². The largest absolute Gasteiger partial charge is 2.00 e. The topological polar surface area (TPSA) is 81.5 Å². The van der Waals surface area contributed by atoms with Crippen molar-refractivity contribution in [2.24, 2.45) is 0 Å². The van der Waals surface area contributed by atoms with Gasteiger partial charge in [0.25, 0.3) is 0 Å². The third-order valence-corrected chi connectivity index (χ3v) is 3.55. The van der Waals surface area contributed by atoms with E-state index >= 15 is 0 Å². The Morgan fingerprint density at radius 3 is 1.97 bits per heavy atom. The summed E-state index contributed by atoms with van der Waals surface area (Å²) in [7, 11) is 3.07. The molecular weight excluding hydrogens is 664 g/mol. The van der Waals surface area contributed by atoms with Gasteiger partial charge >= 0.3 is 37.1 Å². The minimum absolute atomic E-state index is 0. The van der Waals surface area contributed by atoms with Crippen LogP contribution < -0.4 is 10.6 Å². The van der Waals surface area contributed by atoms with E-state index < -0.39 is 0 Å². The summed E-state index contributed by atoms with van der Waals surface area (Å²) in [6.45, 7) is 25.7. The zero-order valence-corrected chi connectivity index (χ0v) is 27.7. The van der Waals surface area contributed by atoms with E-state index in [0.717, 1.165) is 12.0 Å². The van der Waals surface area contributed by atoms with Crippen molar-refractivity contribution in [3.05, 3.63) is 84.5 Å². The molecule has 0 saturated carbocycles. The molecule has 0 aliphatic carbocycles. The molecule has 0 aromatic heterocycles. The fourth-order valence-electron chi connectivity index (χ4n) is 1.50. The third-order valence-electron chi connectivity index (χ3n) is 3.55. The zero-order valence-electron chi connectivity index (χ0n) is 23.6. The van der Waals surface area contributed by atoms with Crippen LogP contribution in [0.3, 0.4) is 0 Å². The Morgan fingerprint density at radius 2 is 1.63 bits per heavy atom. The van der Waals surface area contributed by atoms with Crippen LogP contribution in [0.25, 0.3) is 5.32 Å². The predicted molar refractivity (Wildman–Crippen MR) is 149 cm³/mol. The van der Waals surface area contributed by atoms with E-state index in [9.17, 15) is 9.59 Å². The van der Waals surface area contributed by atoms with Crippen LogP contribution in [-0.4, -0.2) is 32.6 Å². The minimum Gasteiger partial charge on any atom is -0.656 e. The smallest absolute Gasteiger partial charge is 0.656 e. The molecule has 0 fully saturated rings. The predicted octanol–water partition coefficient (Wildman–Crippen LogP) is 7.56. The summed E-state index contributed by atoms with van der Waals surface area (Å²) in [4.78, 5) is 22.9. The standard InChI is InChI=1S/C17H25N3O2.C5H11.C4H8O.C2H6.U/c1-6-8-15(10-9-14(4)11-16(21)18-5)20-17(22)19-12-13(3)7-2;1-4-5(2)3;1-3-4-5-2;1-2;/h7-10H,2-4,6,11-12H2,1,5H3,(H3,18,19,20,21,22);4H2,1-3H3;3-4H,1-2H3;1-2H3;/q;-1;;;+2/p-1/b10-9-,15-8+;;4-3-;;. The molecule has 6 nitrogen and oxygen atoms in total. The second-order valence-electron chi connectivity index (χ2n) is 6.79. The molecule has 0 heterocycles. The Kier molecular flexibility index (Phi) is 42.1. The monoisotopic (exact) mass is 713 g/mol. The van der Waals surface area contributed by atoms with Crippen molar-refractivity contribution in [3.63, 3.8) is 0 Å². The number of carbonyl (C=O) groups excluding carboxylic acids is 2. The van der Waals surface area contributed by atoms with E-state index in [2.05, 4.69) is 61.2 Å². The normalized spacial score (nSPS) is 9.71. The van der Waals surface area contributed by atoms with Crippen LogP contribution in [0.4, 0.5) is 4.79 Å². The summed E-state index contributed by atoms with van der Waals surface area (Å²) < 4.78 is 4.51. The van der Waals surface area contributed by atoms with Gasteiger partial charge in [-0.15, -0.1) is 7.05 Å². The molecule has 2 N–H and O–H groups in total. The average Bonchev–Trinajstić information content (AvgIpc) is 2.83. The summed E-state index contributed by atoms with van der Waals surface area (Å²) in [5.74, 6) is 1.27. The number of allylic oxidation sites excluding steroid dienone is 4. The molecule has 0 spiro atoms. The van der Waals surface area contributed by atoms with Gasteiger partial charge in [-0.1, -0.05) is 71.7 Å². The average molecular weight is 714 g/mol. The van der Waals surface area contributed by atoms with Crippen LogP contribution in [0.2, 0.25) is 0 Å². The fourth-order valence-corrected chi connectivity index (χ4v) is 1.50. The molecular formula is C28H49N3O3U. The van der Waals surface area contributed by atoms with Crippen molar-refractivity contribution in [2.75, 3.05) is 20.7 Å². The van der Waals surface area contributed by atoms with Crippen LogP contribution in [0.5, 0.6) is 0 Å². The molecule has 0 rings (SSSR count). The Hall–Kier alpha value is -1.97. The number of methoxy groups -OCH3 is 1. The van der Waals surface area contributed by atoms with Gasteiger partial charge in [0, 0.05) is 18.7 Å². The van der Waals surface area contributed by atoms with Gasteiger partial charge in [0.2, 0.25) is 0 Å². The molecule has 0 saturated heterocycles. The number of ether oxygens (including phenoxy) is 1. The number of hydrogen-bond donors (Lipinski definition) is 2. The minimum atomic E-state index is -0.336. The van der Waals surface area contributed by atoms with Crippen LogP contribution in [-0.2, 0) is 9.53 Å². The van der Waals surface area contributed by atoms with Crippen molar-refractivity contribution in [1.29, 1.82) is 0 Å². The first-order valence-electron chi connectivity index (χ1n) is 11.6. The van der Waals surface area contributed by atoms with Gasteiger partial charge in [0.15, 0.2) is 0 Å². The van der Waals surface area contributed by atoms with E-state index in [1.54, 1.807) is 31.6 Å². The molecule has 0 aromatic rings. The van der Waals surface area contributed by atoms with Gasteiger partial charge in [-0.3, -0.25) is 0 Å². The quantitative estimate of drug-likeness (QED) is 0.132. The van der Waals surface area contributed by atoms with Crippen molar-refractivity contribution >= 4 is 11.9 Å². The first-order valence-corrected chi connectivity index (χ1v) is 11.6. The van der Waals surface area contributed by atoms with Gasteiger partial charge in [0.05, 0.1) is 19.3 Å². The summed E-state index contributed by atoms with van der Waals surface area (Å²) in [6.07, 6.45) is 12.4. The molecule has 0 unspecified atom stereocenters. The number of amides is 3. The summed E-state index contributed by atoms with van der Waals surface area (Å²) in [5.41, 5.74) is 1.98. The molecule has 0 aromatic carbocycles. The van der Waals surface area contributed by atoms with E-state index in [4.69, 9.17) is 0 Å². The van der Waals surface area contributed by atoms with Crippen molar-refractivity contribution < 1.29 is 45.4 Å². The second kappa shape index (κ2) is 34.2. The number of rotatable bonds is 11. The molecule has 0 bridgehead atoms. The number of nitrogens with zero attached hydrogens (tertiary/aromatic N) is 1. The molecule has 7 heteroatoms. The zero-order chi connectivity index (χ0) is 27.4.